The normalized spacial score (nSPS) is 24.2. The van der Waals surface area contributed by atoms with Crippen molar-refractivity contribution in [2.75, 3.05) is 6.54 Å². The van der Waals surface area contributed by atoms with E-state index in [1.54, 1.807) is 18.2 Å². The van der Waals surface area contributed by atoms with E-state index in [4.69, 9.17) is 0 Å². The van der Waals surface area contributed by atoms with Crippen molar-refractivity contribution in [2.24, 2.45) is 11.8 Å². The van der Waals surface area contributed by atoms with Gasteiger partial charge in [0.25, 0.3) is 0 Å². The van der Waals surface area contributed by atoms with Crippen molar-refractivity contribution in [1.82, 2.24) is 5.32 Å². The molecule has 1 amide bonds. The number of carbonyl (C=O) groups is 1. The van der Waals surface area contributed by atoms with E-state index in [-0.39, 0.29) is 37.0 Å². The minimum Gasteiger partial charge on any atom is -0.393 e. The number of benzene rings is 1. The molecular formula is C26H36F3NO4. The predicted octanol–water partition coefficient (Wildman–Crippen LogP) is 4.17. The molecule has 0 saturated heterocycles. The third-order valence-corrected chi connectivity index (χ3v) is 6.18. The van der Waals surface area contributed by atoms with Crippen molar-refractivity contribution in [3.8, 4) is 0 Å². The number of amides is 1. The molecule has 0 aliphatic heterocycles. The molecule has 1 saturated carbocycles. The van der Waals surface area contributed by atoms with Gasteiger partial charge in [0, 0.05) is 25.3 Å². The van der Waals surface area contributed by atoms with E-state index in [1.165, 1.54) is 6.07 Å². The predicted molar refractivity (Wildman–Crippen MR) is 125 cm³/mol. The SMILES string of the molecule is CCNC(=O)CCCC=CCC1C(O)CC(O)C1C=CC(O)CCc1cccc(C(F)(F)F)c1. The second-order valence-electron chi connectivity index (χ2n) is 8.85. The molecule has 1 aromatic rings. The molecule has 5 unspecified atom stereocenters. The number of aryl methyl sites for hydroxylation is 1. The second-order valence-corrected chi connectivity index (χ2v) is 8.85. The largest absolute Gasteiger partial charge is 0.416 e. The molecule has 1 aliphatic carbocycles. The summed E-state index contributed by atoms with van der Waals surface area (Å²) in [7, 11) is 0. The molecule has 8 heteroatoms. The van der Waals surface area contributed by atoms with Crippen LogP contribution in [0.1, 0.15) is 56.6 Å². The molecule has 0 spiro atoms. The fraction of sp³-hybridized carbons (Fsp3) is 0.577. The molecule has 1 fully saturated rings. The fourth-order valence-corrected chi connectivity index (χ4v) is 4.31. The van der Waals surface area contributed by atoms with E-state index in [0.717, 1.165) is 25.0 Å². The molecule has 1 aliphatic rings. The minimum atomic E-state index is -4.40. The maximum absolute atomic E-state index is 12.8. The third kappa shape index (κ3) is 9.24. The minimum absolute atomic E-state index is 0.0297. The van der Waals surface area contributed by atoms with Crippen molar-refractivity contribution in [3.05, 3.63) is 59.7 Å². The smallest absolute Gasteiger partial charge is 0.393 e. The number of nitrogens with one attached hydrogen (secondary N) is 1. The molecule has 5 nitrogen and oxygen atoms in total. The van der Waals surface area contributed by atoms with Crippen LogP contribution in [0, 0.1) is 11.8 Å². The van der Waals surface area contributed by atoms with Crippen LogP contribution in [0.3, 0.4) is 0 Å². The van der Waals surface area contributed by atoms with Crippen molar-refractivity contribution in [3.63, 3.8) is 0 Å². The number of halogens is 3. The lowest BCUT2D eigenvalue weighted by molar-refractivity contribution is -0.137. The van der Waals surface area contributed by atoms with Crippen molar-refractivity contribution >= 4 is 5.91 Å². The van der Waals surface area contributed by atoms with Crippen LogP contribution in [0.25, 0.3) is 0 Å². The standard InChI is InChI=1S/C26H36F3NO4/c1-2-30-25(34)11-6-4-3-5-10-21-22(24(33)17-23(21)32)15-14-20(31)13-12-18-8-7-9-19(16-18)26(27,28)29/h3,5,7-9,14-16,20-24,31-33H,2,4,6,10-13,17H2,1H3,(H,30,34). The Bertz CT molecular complexity index is 825. The first-order valence-electron chi connectivity index (χ1n) is 11.9. The zero-order valence-corrected chi connectivity index (χ0v) is 19.5. The van der Waals surface area contributed by atoms with Gasteiger partial charge in [-0.15, -0.1) is 0 Å². The van der Waals surface area contributed by atoms with Gasteiger partial charge in [0.05, 0.1) is 23.9 Å². The first-order chi connectivity index (χ1) is 16.1. The summed E-state index contributed by atoms with van der Waals surface area (Å²) in [5.74, 6) is -0.484. The Morgan fingerprint density at radius 3 is 2.71 bits per heavy atom. The number of aliphatic hydroxyl groups is 3. The van der Waals surface area contributed by atoms with Gasteiger partial charge in [-0.3, -0.25) is 4.79 Å². The molecule has 190 valence electrons. The topological polar surface area (TPSA) is 89.8 Å². The van der Waals surface area contributed by atoms with Gasteiger partial charge in [0.2, 0.25) is 5.91 Å². The fourth-order valence-electron chi connectivity index (χ4n) is 4.31. The van der Waals surface area contributed by atoms with Gasteiger partial charge >= 0.3 is 6.18 Å². The number of hydrogen-bond acceptors (Lipinski definition) is 4. The van der Waals surface area contributed by atoms with Gasteiger partial charge in [-0.05, 0) is 56.6 Å². The lowest BCUT2D eigenvalue weighted by Crippen LogP contribution is -2.21. The maximum Gasteiger partial charge on any atom is 0.416 e. The van der Waals surface area contributed by atoms with E-state index < -0.39 is 30.1 Å². The van der Waals surface area contributed by atoms with Crippen LogP contribution >= 0.6 is 0 Å². The van der Waals surface area contributed by atoms with Gasteiger partial charge in [-0.2, -0.15) is 13.2 Å². The molecule has 4 N–H and O–H groups in total. The van der Waals surface area contributed by atoms with E-state index >= 15 is 0 Å². The van der Waals surface area contributed by atoms with Crippen LogP contribution in [0.2, 0.25) is 0 Å². The van der Waals surface area contributed by atoms with Crippen LogP contribution in [0.5, 0.6) is 0 Å². The second kappa shape index (κ2) is 13.7. The van der Waals surface area contributed by atoms with E-state index in [2.05, 4.69) is 5.32 Å². The summed E-state index contributed by atoms with van der Waals surface area (Å²) in [4.78, 5) is 11.4. The molecule has 5 atom stereocenters. The van der Waals surface area contributed by atoms with Crippen LogP contribution in [0.15, 0.2) is 48.6 Å². The first kappa shape index (κ1) is 28.1. The number of alkyl halides is 3. The number of unbranched alkanes of at least 4 members (excludes halogenated alkanes) is 1. The number of rotatable bonds is 12. The summed E-state index contributed by atoms with van der Waals surface area (Å²) in [6.07, 6.45) is 3.84. The Morgan fingerprint density at radius 1 is 1.24 bits per heavy atom. The van der Waals surface area contributed by atoms with Crippen molar-refractivity contribution in [2.45, 2.75) is 76.4 Å². The van der Waals surface area contributed by atoms with Crippen LogP contribution in [0.4, 0.5) is 13.2 Å². The zero-order valence-electron chi connectivity index (χ0n) is 19.5. The van der Waals surface area contributed by atoms with Gasteiger partial charge in [-0.1, -0.05) is 42.5 Å². The average Bonchev–Trinajstić information content (AvgIpc) is 3.05. The highest BCUT2D eigenvalue weighted by molar-refractivity contribution is 5.75. The number of hydrogen-bond donors (Lipinski definition) is 4. The quantitative estimate of drug-likeness (QED) is 0.265. The monoisotopic (exact) mass is 483 g/mol. The number of allylic oxidation sites excluding steroid dienone is 2. The number of carbonyl (C=O) groups excluding carboxylic acids is 1. The highest BCUT2D eigenvalue weighted by Gasteiger charge is 2.39. The van der Waals surface area contributed by atoms with Gasteiger partial charge in [-0.25, -0.2) is 0 Å². The van der Waals surface area contributed by atoms with Crippen LogP contribution in [-0.4, -0.2) is 46.1 Å². The Kier molecular flexibility index (Phi) is 11.3. The summed E-state index contributed by atoms with van der Waals surface area (Å²) in [6, 6.07) is 5.06. The molecule has 34 heavy (non-hydrogen) atoms. The molecule has 0 aromatic heterocycles. The molecule has 0 bridgehead atoms. The van der Waals surface area contributed by atoms with E-state index in [1.807, 2.05) is 19.1 Å². The maximum atomic E-state index is 12.8. The Balaban J connectivity index is 1.84. The molecule has 2 rings (SSSR count). The highest BCUT2D eigenvalue weighted by Crippen LogP contribution is 2.36. The first-order valence-corrected chi connectivity index (χ1v) is 11.9. The van der Waals surface area contributed by atoms with E-state index in [9.17, 15) is 33.3 Å². The average molecular weight is 484 g/mol. The summed E-state index contributed by atoms with van der Waals surface area (Å²) >= 11 is 0. The Hall–Kier alpha value is -2.16. The van der Waals surface area contributed by atoms with Gasteiger partial charge < -0.3 is 20.6 Å². The summed E-state index contributed by atoms with van der Waals surface area (Å²) < 4.78 is 38.5. The van der Waals surface area contributed by atoms with Gasteiger partial charge in [0.1, 0.15) is 0 Å². The Morgan fingerprint density at radius 2 is 2.00 bits per heavy atom. The van der Waals surface area contributed by atoms with Gasteiger partial charge in [0.15, 0.2) is 0 Å². The summed E-state index contributed by atoms with van der Waals surface area (Å²) in [5.41, 5.74) is -0.216. The van der Waals surface area contributed by atoms with Crippen LogP contribution < -0.4 is 5.32 Å². The van der Waals surface area contributed by atoms with Crippen molar-refractivity contribution in [1.29, 1.82) is 0 Å². The number of aliphatic hydroxyl groups excluding tert-OH is 3. The highest BCUT2D eigenvalue weighted by atomic mass is 19.4. The lowest BCUT2D eigenvalue weighted by atomic mass is 9.89. The molecule has 0 heterocycles. The van der Waals surface area contributed by atoms with E-state index in [0.29, 0.717) is 24.9 Å². The van der Waals surface area contributed by atoms with Crippen LogP contribution in [-0.2, 0) is 17.4 Å². The lowest BCUT2D eigenvalue weighted by Gasteiger charge is -2.19. The molecular weight excluding hydrogens is 447 g/mol. The summed E-state index contributed by atoms with van der Waals surface area (Å²) in [5, 5.41) is 33.7. The molecule has 0 radical (unpaired) electrons. The van der Waals surface area contributed by atoms with Crippen molar-refractivity contribution < 1.29 is 33.3 Å². The molecule has 1 aromatic carbocycles. The Labute approximate surface area is 199 Å². The third-order valence-electron chi connectivity index (χ3n) is 6.18. The zero-order chi connectivity index (χ0) is 25.1. The summed E-state index contributed by atoms with van der Waals surface area (Å²) in [6.45, 7) is 2.49.